The quantitative estimate of drug-likeness (QED) is 0.0253. The van der Waals surface area contributed by atoms with Crippen LogP contribution in [0.5, 0.6) is 0 Å². The molecule has 2 saturated heterocycles. The third-order valence-electron chi connectivity index (χ3n) is 17.3. The monoisotopic (exact) mass is 1330 g/mol. The fourth-order valence-electron chi connectivity index (χ4n) is 12.1. The first-order chi connectivity index (χ1) is 44.0. The molecule has 6 amide bonds. The number of carbonyl (C=O) groups excluding carboxylic acids is 6. The van der Waals surface area contributed by atoms with Crippen molar-refractivity contribution in [1.82, 2.24) is 55.9 Å². The van der Waals surface area contributed by atoms with Gasteiger partial charge in [0.05, 0.1) is 85.4 Å². The summed E-state index contributed by atoms with van der Waals surface area (Å²) in [4.78, 5) is 108. The molecule has 2 aliphatic heterocycles. The minimum atomic E-state index is -2.78. The van der Waals surface area contributed by atoms with Crippen LogP contribution in [0, 0.1) is 23.7 Å². The number of aliphatic carboxylic acids is 1. The molecule has 4 heterocycles. The molecule has 17 unspecified atom stereocenters. The average molecular weight is 1330 g/mol. The van der Waals surface area contributed by atoms with Gasteiger partial charge in [0, 0.05) is 78.4 Å². The minimum absolute atomic E-state index is 0.0232. The molecule has 2 aromatic heterocycles. The Morgan fingerprint density at radius 1 is 0.946 bits per heavy atom. The van der Waals surface area contributed by atoms with Crippen LogP contribution >= 0.6 is 11.3 Å². The van der Waals surface area contributed by atoms with Gasteiger partial charge in [0.15, 0.2) is 6.61 Å². The van der Waals surface area contributed by atoms with Crippen LogP contribution < -0.4 is 21.3 Å². The third-order valence-corrected chi connectivity index (χ3v) is 18.1. The number of likely N-dealkylation sites (N-methyl/N-ethyl adjacent to an activating group) is 2. The molecular formula is C62H98N12O18S. The second-order valence-corrected chi connectivity index (χ2v) is 25.8. The molecule has 0 saturated carbocycles. The summed E-state index contributed by atoms with van der Waals surface area (Å²) in [6.07, 6.45) is -5.84. The largest absolute Gasteiger partial charge is 0.477 e. The van der Waals surface area contributed by atoms with E-state index in [-0.39, 0.29) is 56.3 Å². The van der Waals surface area contributed by atoms with Gasteiger partial charge >= 0.3 is 5.97 Å². The molecule has 17 atom stereocenters. The molecule has 0 bridgehead atoms. The lowest BCUT2D eigenvalue weighted by atomic mass is 9.89. The summed E-state index contributed by atoms with van der Waals surface area (Å²) in [6, 6.07) is 5.19. The lowest BCUT2D eigenvalue weighted by molar-refractivity contribution is -0.264. The van der Waals surface area contributed by atoms with Crippen molar-refractivity contribution in [3.8, 4) is 0 Å². The van der Waals surface area contributed by atoms with Crippen molar-refractivity contribution in [3.63, 3.8) is 0 Å². The molecule has 5 rings (SSSR count). The van der Waals surface area contributed by atoms with E-state index in [2.05, 4.69) is 41.7 Å². The highest BCUT2D eigenvalue weighted by Crippen LogP contribution is 2.32. The second kappa shape index (κ2) is 36.3. The van der Waals surface area contributed by atoms with Crippen LogP contribution in [0.2, 0.25) is 0 Å². The number of amides is 6. The number of oxime groups is 1. The number of likely N-dealkylation sites (tertiary alicyclic amines) is 1. The van der Waals surface area contributed by atoms with Crippen molar-refractivity contribution >= 4 is 59.0 Å². The van der Waals surface area contributed by atoms with Gasteiger partial charge in [0.1, 0.15) is 35.5 Å². The molecule has 0 radical (unpaired) electrons. The fourth-order valence-corrected chi connectivity index (χ4v) is 12.8. The molecule has 2 fully saturated rings. The molecule has 3 aromatic rings. The molecule has 30 nitrogen and oxygen atoms in total. The number of carbonyl (C=O) groups is 7. The molecule has 93 heavy (non-hydrogen) atoms. The van der Waals surface area contributed by atoms with Crippen LogP contribution in [0.1, 0.15) is 110 Å². The van der Waals surface area contributed by atoms with Gasteiger partial charge in [0.2, 0.25) is 29.5 Å². The molecule has 0 aliphatic carbocycles. The van der Waals surface area contributed by atoms with Crippen LogP contribution in [0.4, 0.5) is 0 Å². The maximum atomic E-state index is 14.8. The second-order valence-electron chi connectivity index (χ2n) is 24.9. The molecule has 0 spiro atoms. The summed E-state index contributed by atoms with van der Waals surface area (Å²) in [5.74, 6) is -8.87. The number of carboxylic acid groups (broad SMARTS) is 1. The number of ether oxygens (including phenoxy) is 3. The third kappa shape index (κ3) is 21.4. The van der Waals surface area contributed by atoms with Crippen LogP contribution in [0.3, 0.4) is 0 Å². The molecule has 520 valence electrons. The van der Waals surface area contributed by atoms with E-state index < -0.39 is 145 Å². The standard InChI is InChI=1S/C62H98N12O18S/c1-13-36(6)53(46(89-11)27-49(80)74-24-17-20-42(74)56(90-12)37(7)57(83)67-41(59-64-23-25-93-59)26-39-18-15-14-16-19-39)72(10)60(85)50(34(2)3)68-58(84)52(35(4)5)71(9)31-44(77)54(81)55(82)45(78)32-73-30-40(69-70-73)21-22-63-48(79)33-91-65-29-47-51(66-38(8)75)43(76)28-62(88,92-47)61(86)87/h14-16,18-19,23,25,29-30,34-37,41-47,50-56,76-78,81-82,88H,13,17,20-22,24,26-28,31-33H2,1-12H3,(H,63,79)(H,66,75)(H,67,83)(H,68,84)(H,86,87)/b65-29+. The highest BCUT2D eigenvalue weighted by atomic mass is 32.1. The average Bonchev–Trinajstić information content (AvgIpc) is 1.73. The molecule has 1 aromatic carbocycles. The number of hydrogen-bond acceptors (Lipinski definition) is 23. The summed E-state index contributed by atoms with van der Waals surface area (Å²) >= 11 is 1.46. The highest BCUT2D eigenvalue weighted by molar-refractivity contribution is 7.09. The number of rotatable bonds is 37. The van der Waals surface area contributed by atoms with Crippen LogP contribution in [-0.4, -0.2) is 257 Å². The van der Waals surface area contributed by atoms with Gasteiger partial charge in [-0.3, -0.25) is 33.7 Å². The Morgan fingerprint density at radius 3 is 2.24 bits per heavy atom. The normalized spacial score (nSPS) is 22.4. The van der Waals surface area contributed by atoms with Gasteiger partial charge < -0.3 is 85.9 Å². The molecule has 31 heteroatoms. The first kappa shape index (κ1) is 77.1. The van der Waals surface area contributed by atoms with Gasteiger partial charge in [-0.2, -0.15) is 0 Å². The van der Waals surface area contributed by atoms with E-state index >= 15 is 0 Å². The number of aliphatic hydroxyl groups excluding tert-OH is 5. The molecule has 11 N–H and O–H groups in total. The molecule has 2 aliphatic rings. The predicted octanol–water partition coefficient (Wildman–Crippen LogP) is -0.615. The Labute approximate surface area is 546 Å². The summed E-state index contributed by atoms with van der Waals surface area (Å²) in [5.41, 5.74) is 1.39. The van der Waals surface area contributed by atoms with Crippen molar-refractivity contribution in [2.24, 2.45) is 28.8 Å². The highest BCUT2D eigenvalue weighted by Gasteiger charge is 2.51. The predicted molar refractivity (Wildman–Crippen MR) is 338 cm³/mol. The summed E-state index contributed by atoms with van der Waals surface area (Å²) in [6.45, 7) is 13.1. The Kier molecular flexibility index (Phi) is 30.1. The summed E-state index contributed by atoms with van der Waals surface area (Å²) in [5, 5.41) is 99.7. The lowest BCUT2D eigenvalue weighted by Crippen LogP contribution is -2.63. The Bertz CT molecular complexity index is 2890. The van der Waals surface area contributed by atoms with E-state index in [0.29, 0.717) is 37.9 Å². The number of aliphatic hydroxyl groups is 6. The van der Waals surface area contributed by atoms with E-state index in [1.165, 1.54) is 34.2 Å². The maximum absolute atomic E-state index is 14.8. The zero-order chi connectivity index (χ0) is 69.0. The van der Waals surface area contributed by atoms with Crippen molar-refractivity contribution in [2.45, 2.75) is 198 Å². The van der Waals surface area contributed by atoms with Gasteiger partial charge in [0.25, 0.3) is 11.7 Å². The minimum Gasteiger partial charge on any atom is -0.477 e. The molecular weight excluding hydrogens is 1230 g/mol. The summed E-state index contributed by atoms with van der Waals surface area (Å²) < 4.78 is 18.5. The number of benzene rings is 1. The first-order valence-electron chi connectivity index (χ1n) is 31.4. The number of methoxy groups -OCH3 is 2. The number of carboxylic acids is 1. The van der Waals surface area contributed by atoms with E-state index in [0.717, 1.165) is 23.7 Å². The SMILES string of the molecule is CCC(C)C(C(CC(=O)N1CCCC1C(OC)C(C)C(=O)NC(Cc1ccccc1)c1nccs1)OC)N(C)C(=O)C(NC(=O)C(C(C)C)N(C)CC(O)C(O)C(O)C(O)Cn1cc(CCNC(=O)CO/N=C/C2OC(O)(C(=O)O)CC(O)C2NC(C)=O)nn1)C(C)C. The Balaban J connectivity index is 1.13. The van der Waals surface area contributed by atoms with Crippen molar-refractivity contribution in [1.29, 1.82) is 0 Å². The fraction of sp³-hybridized carbons (Fsp3) is 0.694. The van der Waals surface area contributed by atoms with Crippen LogP contribution in [0.25, 0.3) is 0 Å². The van der Waals surface area contributed by atoms with E-state index in [1.54, 1.807) is 71.8 Å². The zero-order valence-corrected chi connectivity index (χ0v) is 56.0. The number of hydrogen-bond donors (Lipinski definition) is 11. The van der Waals surface area contributed by atoms with Crippen molar-refractivity contribution < 1.29 is 88.4 Å². The van der Waals surface area contributed by atoms with Crippen LogP contribution in [0.15, 0.2) is 53.3 Å². The Hall–Kier alpha value is -6.65. The smallest absolute Gasteiger partial charge is 0.364 e. The van der Waals surface area contributed by atoms with E-state index in [1.807, 2.05) is 49.6 Å². The van der Waals surface area contributed by atoms with Gasteiger partial charge in [-0.15, -0.1) is 16.4 Å². The lowest BCUT2D eigenvalue weighted by Gasteiger charge is -2.41. The van der Waals surface area contributed by atoms with Crippen molar-refractivity contribution in [2.75, 3.05) is 54.6 Å². The van der Waals surface area contributed by atoms with E-state index in [4.69, 9.17) is 19.0 Å². The number of nitrogens with zero attached hydrogens (tertiary/aromatic N) is 8. The maximum Gasteiger partial charge on any atom is 0.364 e. The van der Waals surface area contributed by atoms with Gasteiger partial charge in [-0.05, 0) is 49.6 Å². The van der Waals surface area contributed by atoms with Crippen molar-refractivity contribution in [3.05, 3.63) is 64.4 Å². The van der Waals surface area contributed by atoms with Crippen LogP contribution in [-0.2, 0) is 72.0 Å². The number of nitrogens with one attached hydrogen (secondary N) is 4. The van der Waals surface area contributed by atoms with Gasteiger partial charge in [-0.1, -0.05) is 95.6 Å². The topological polar surface area (TPSA) is 412 Å². The number of thiazole rings is 1. The summed E-state index contributed by atoms with van der Waals surface area (Å²) in [7, 11) is 6.22. The number of aromatic nitrogens is 4. The Morgan fingerprint density at radius 2 is 1.63 bits per heavy atom. The van der Waals surface area contributed by atoms with Gasteiger partial charge in [-0.25, -0.2) is 14.5 Å². The van der Waals surface area contributed by atoms with E-state index in [9.17, 15) is 69.3 Å². The first-order valence-corrected chi connectivity index (χ1v) is 32.3. The zero-order valence-electron chi connectivity index (χ0n) is 55.2.